The maximum absolute atomic E-state index is 9.98. The molecule has 2 rings (SSSR count). The zero-order valence-electron chi connectivity index (χ0n) is 11.2. The molecule has 0 bridgehead atoms. The molecule has 1 aliphatic heterocycles. The van der Waals surface area contributed by atoms with E-state index < -0.39 is 6.10 Å². The number of β-amino-alcohol motifs (C(OH)–C–C–N with tert-alkyl or cyclic N) is 1. The van der Waals surface area contributed by atoms with Crippen LogP contribution in [0.2, 0.25) is 5.02 Å². The van der Waals surface area contributed by atoms with Gasteiger partial charge in [0.15, 0.2) is 0 Å². The van der Waals surface area contributed by atoms with Crippen LogP contribution in [0.5, 0.6) is 5.75 Å². The van der Waals surface area contributed by atoms with Crippen molar-refractivity contribution < 1.29 is 9.84 Å². The average Bonchev–Trinajstić information content (AvgIpc) is 2.39. The van der Waals surface area contributed by atoms with Gasteiger partial charge < -0.3 is 15.2 Å². The zero-order chi connectivity index (χ0) is 13.7. The molecule has 1 fully saturated rings. The monoisotopic (exact) mass is 284 g/mol. The second kappa shape index (κ2) is 7.10. The van der Waals surface area contributed by atoms with Gasteiger partial charge >= 0.3 is 0 Å². The van der Waals surface area contributed by atoms with Crippen LogP contribution in [0, 0.1) is 6.92 Å². The number of aliphatic hydroxyl groups is 1. The van der Waals surface area contributed by atoms with Crippen molar-refractivity contribution in [2.24, 2.45) is 0 Å². The fourth-order valence-corrected chi connectivity index (χ4v) is 2.44. The maximum Gasteiger partial charge on any atom is 0.138 e. The molecule has 5 heteroatoms. The molecule has 1 heterocycles. The number of aliphatic hydroxyl groups excluding tert-OH is 1. The summed E-state index contributed by atoms with van der Waals surface area (Å²) in [5.41, 5.74) is 1.10. The minimum absolute atomic E-state index is 0.271. The quantitative estimate of drug-likeness (QED) is 0.855. The molecule has 0 aromatic heterocycles. The number of hydrogen-bond acceptors (Lipinski definition) is 4. The Bertz CT molecular complexity index is 408. The highest BCUT2D eigenvalue weighted by Gasteiger charge is 2.15. The van der Waals surface area contributed by atoms with Gasteiger partial charge in [0.25, 0.3) is 0 Å². The van der Waals surface area contributed by atoms with Crippen LogP contribution in [-0.4, -0.2) is 55.4 Å². The van der Waals surface area contributed by atoms with Crippen molar-refractivity contribution >= 4 is 11.6 Å². The third kappa shape index (κ3) is 4.66. The molecule has 0 radical (unpaired) electrons. The molecule has 1 atom stereocenters. The number of piperazine rings is 1. The van der Waals surface area contributed by atoms with E-state index in [9.17, 15) is 5.11 Å². The van der Waals surface area contributed by atoms with Crippen LogP contribution in [0.25, 0.3) is 0 Å². The number of aryl methyl sites for hydroxylation is 1. The Hall–Kier alpha value is -0.810. The summed E-state index contributed by atoms with van der Waals surface area (Å²) in [6.45, 7) is 6.81. The lowest BCUT2D eigenvalue weighted by Gasteiger charge is -2.29. The van der Waals surface area contributed by atoms with Crippen molar-refractivity contribution in [1.29, 1.82) is 0 Å². The molecule has 0 aliphatic carbocycles. The standard InChI is InChI=1S/C14H21ClN2O2/c1-11-2-3-14(13(15)8-11)19-10-12(18)9-17-6-4-16-5-7-17/h2-3,8,12,16,18H,4-7,9-10H2,1H3. The minimum Gasteiger partial charge on any atom is -0.489 e. The van der Waals surface area contributed by atoms with Gasteiger partial charge in [0.1, 0.15) is 18.5 Å². The summed E-state index contributed by atoms with van der Waals surface area (Å²) in [6, 6.07) is 5.65. The van der Waals surface area contributed by atoms with Crippen LogP contribution < -0.4 is 10.1 Å². The van der Waals surface area contributed by atoms with E-state index in [0.29, 0.717) is 17.3 Å². The van der Waals surface area contributed by atoms with E-state index >= 15 is 0 Å². The van der Waals surface area contributed by atoms with Gasteiger partial charge in [0.05, 0.1) is 5.02 Å². The number of hydrogen-bond donors (Lipinski definition) is 2. The predicted octanol–water partition coefficient (Wildman–Crippen LogP) is 1.29. The van der Waals surface area contributed by atoms with Gasteiger partial charge in [-0.15, -0.1) is 0 Å². The molecule has 0 spiro atoms. The minimum atomic E-state index is -0.490. The fraction of sp³-hybridized carbons (Fsp3) is 0.571. The normalized spacial score (nSPS) is 18.3. The van der Waals surface area contributed by atoms with Gasteiger partial charge in [-0.1, -0.05) is 17.7 Å². The van der Waals surface area contributed by atoms with E-state index in [-0.39, 0.29) is 6.61 Å². The SMILES string of the molecule is Cc1ccc(OCC(O)CN2CCNCC2)c(Cl)c1. The summed E-state index contributed by atoms with van der Waals surface area (Å²) in [5, 5.41) is 13.9. The molecule has 4 nitrogen and oxygen atoms in total. The molecular formula is C14H21ClN2O2. The first kappa shape index (κ1) is 14.6. The molecule has 1 aromatic rings. The summed E-state index contributed by atoms with van der Waals surface area (Å²) >= 11 is 6.08. The van der Waals surface area contributed by atoms with E-state index in [0.717, 1.165) is 31.7 Å². The molecule has 0 amide bonds. The largest absolute Gasteiger partial charge is 0.489 e. The molecule has 0 saturated carbocycles. The van der Waals surface area contributed by atoms with Crippen LogP contribution in [0.3, 0.4) is 0 Å². The Morgan fingerprint density at radius 2 is 2.16 bits per heavy atom. The lowest BCUT2D eigenvalue weighted by molar-refractivity contribution is 0.0641. The molecule has 1 aromatic carbocycles. The number of nitrogens with one attached hydrogen (secondary N) is 1. The van der Waals surface area contributed by atoms with Crippen LogP contribution in [0.4, 0.5) is 0 Å². The first-order chi connectivity index (χ1) is 9.15. The Morgan fingerprint density at radius 3 is 2.84 bits per heavy atom. The first-order valence-corrected chi connectivity index (χ1v) is 7.03. The highest BCUT2D eigenvalue weighted by molar-refractivity contribution is 6.32. The van der Waals surface area contributed by atoms with E-state index in [4.69, 9.17) is 16.3 Å². The van der Waals surface area contributed by atoms with Crippen LogP contribution >= 0.6 is 11.6 Å². The van der Waals surface area contributed by atoms with Gasteiger partial charge in [-0.25, -0.2) is 0 Å². The van der Waals surface area contributed by atoms with Gasteiger partial charge in [0, 0.05) is 32.7 Å². The molecular weight excluding hydrogens is 264 g/mol. The highest BCUT2D eigenvalue weighted by Crippen LogP contribution is 2.25. The summed E-state index contributed by atoms with van der Waals surface area (Å²) in [4.78, 5) is 2.24. The summed E-state index contributed by atoms with van der Waals surface area (Å²) in [6.07, 6.45) is -0.490. The van der Waals surface area contributed by atoms with E-state index in [1.165, 1.54) is 0 Å². The van der Waals surface area contributed by atoms with Gasteiger partial charge in [-0.05, 0) is 24.6 Å². The second-order valence-electron chi connectivity index (χ2n) is 4.95. The number of benzene rings is 1. The average molecular weight is 285 g/mol. The third-order valence-electron chi connectivity index (χ3n) is 3.20. The topological polar surface area (TPSA) is 44.7 Å². The van der Waals surface area contributed by atoms with Gasteiger partial charge in [-0.3, -0.25) is 4.90 Å². The van der Waals surface area contributed by atoms with Gasteiger partial charge in [0.2, 0.25) is 0 Å². The summed E-state index contributed by atoms with van der Waals surface area (Å²) in [7, 11) is 0. The number of ether oxygens (including phenoxy) is 1. The predicted molar refractivity (Wildman–Crippen MR) is 77.0 cm³/mol. The van der Waals surface area contributed by atoms with Crippen molar-refractivity contribution in [2.75, 3.05) is 39.3 Å². The molecule has 19 heavy (non-hydrogen) atoms. The Morgan fingerprint density at radius 1 is 1.42 bits per heavy atom. The van der Waals surface area contributed by atoms with Crippen molar-refractivity contribution in [2.45, 2.75) is 13.0 Å². The lowest BCUT2D eigenvalue weighted by atomic mass is 10.2. The molecule has 2 N–H and O–H groups in total. The maximum atomic E-state index is 9.98. The number of halogens is 1. The second-order valence-corrected chi connectivity index (χ2v) is 5.36. The first-order valence-electron chi connectivity index (χ1n) is 6.65. The van der Waals surface area contributed by atoms with Crippen molar-refractivity contribution in [3.63, 3.8) is 0 Å². The molecule has 1 aliphatic rings. The van der Waals surface area contributed by atoms with Gasteiger partial charge in [-0.2, -0.15) is 0 Å². The van der Waals surface area contributed by atoms with Crippen LogP contribution in [-0.2, 0) is 0 Å². The van der Waals surface area contributed by atoms with Crippen LogP contribution in [0.1, 0.15) is 5.56 Å². The van der Waals surface area contributed by atoms with E-state index in [2.05, 4.69) is 10.2 Å². The van der Waals surface area contributed by atoms with E-state index in [1.807, 2.05) is 25.1 Å². The highest BCUT2D eigenvalue weighted by atomic mass is 35.5. The zero-order valence-corrected chi connectivity index (χ0v) is 12.0. The Labute approximate surface area is 119 Å². The Kier molecular flexibility index (Phi) is 5.45. The lowest BCUT2D eigenvalue weighted by Crippen LogP contribution is -2.47. The Balaban J connectivity index is 1.77. The summed E-state index contributed by atoms with van der Waals surface area (Å²) < 4.78 is 5.57. The van der Waals surface area contributed by atoms with E-state index in [1.54, 1.807) is 0 Å². The van der Waals surface area contributed by atoms with Crippen molar-refractivity contribution in [3.8, 4) is 5.75 Å². The number of rotatable bonds is 5. The smallest absolute Gasteiger partial charge is 0.138 e. The van der Waals surface area contributed by atoms with Crippen LogP contribution in [0.15, 0.2) is 18.2 Å². The molecule has 1 saturated heterocycles. The number of nitrogens with zero attached hydrogens (tertiary/aromatic N) is 1. The third-order valence-corrected chi connectivity index (χ3v) is 3.49. The fourth-order valence-electron chi connectivity index (χ4n) is 2.15. The molecule has 106 valence electrons. The van der Waals surface area contributed by atoms with Crippen molar-refractivity contribution in [3.05, 3.63) is 28.8 Å². The molecule has 1 unspecified atom stereocenters. The van der Waals surface area contributed by atoms with Crippen molar-refractivity contribution in [1.82, 2.24) is 10.2 Å². The summed E-state index contributed by atoms with van der Waals surface area (Å²) in [5.74, 6) is 0.631.